The summed E-state index contributed by atoms with van der Waals surface area (Å²) in [7, 11) is 0. The molecule has 0 aliphatic heterocycles. The molecule has 2 fully saturated rings. The Hall–Kier alpha value is -0.970. The van der Waals surface area contributed by atoms with Crippen molar-refractivity contribution in [2.75, 3.05) is 26.2 Å². The van der Waals surface area contributed by atoms with Crippen LogP contribution in [-0.4, -0.2) is 123 Å². The molecule has 12 atom stereocenters. The molecule has 0 aromatic carbocycles. The van der Waals surface area contributed by atoms with Crippen LogP contribution in [0.15, 0.2) is 0 Å². The maximum absolute atomic E-state index is 12.4. The molecule has 2 aliphatic carbocycles. The molecule has 0 heterocycles. The smallest absolute Gasteiger partial charge is 0.851 e. The molecule has 0 aromatic heterocycles. The molecule has 53 heavy (non-hydrogen) atoms. The fourth-order valence-corrected chi connectivity index (χ4v) is 5.93. The summed E-state index contributed by atoms with van der Waals surface area (Å²) < 4.78 is 0. The second kappa shape index (κ2) is 28.4. The van der Waals surface area contributed by atoms with Gasteiger partial charge in [-0.3, -0.25) is 0 Å². The topological polar surface area (TPSA) is 427 Å². The molecule has 2 saturated carbocycles. The fraction of sp³-hybridized carbons (Fsp3) is 0.786. The Bertz CT molecular complexity index is 1010. The number of carbonyl (C=O) groups excluding carboxylic acids is 6. The van der Waals surface area contributed by atoms with Crippen LogP contribution in [0.3, 0.4) is 0 Å². The molecule has 0 saturated heterocycles. The van der Waals surface area contributed by atoms with Crippen LogP contribution in [0, 0.1) is 11.8 Å². The summed E-state index contributed by atoms with van der Waals surface area (Å²) in [5.41, 5.74) is 0. The first kappa shape index (κ1) is 56.4. The van der Waals surface area contributed by atoms with E-state index in [2.05, 4.69) is 21.3 Å². The predicted molar refractivity (Wildman–Crippen MR) is 135 cm³/mol. The van der Waals surface area contributed by atoms with E-state index in [0.717, 1.165) is 0 Å². The number of hydrogen-bond donors (Lipinski definition) is 4. The summed E-state index contributed by atoms with van der Waals surface area (Å²) in [6.45, 7) is -2.62. The number of carboxylic acids is 6. The molecule has 0 bridgehead atoms. The van der Waals surface area contributed by atoms with Gasteiger partial charge in [0.05, 0.1) is 17.9 Å². The van der Waals surface area contributed by atoms with Gasteiger partial charge in [0.2, 0.25) is 0 Å². The summed E-state index contributed by atoms with van der Waals surface area (Å²) in [6.07, 6.45) is -12.8. The summed E-state index contributed by atoms with van der Waals surface area (Å²) in [4.78, 5) is 63.1. The van der Waals surface area contributed by atoms with Gasteiger partial charge >= 0.3 is 77.5 Å². The van der Waals surface area contributed by atoms with Gasteiger partial charge in [-0.25, -0.2) is 0 Å². The standard InChI is InChI=1S/2C14H21N2O9.3Hf/c17-7(18)2-1-6-12(23)10(15-4-3-8(19)20)14(25)11(13(6)24)16-5-9(21)22;17-7(18)3-1-2-6-12(23)10(15-4-8(19)20)14(25)11(13(6)24)16-5-9(21)22;;;/h2*6,10-16H,1-5H2,(H,17,18)(H,19,20)(H,21,22);;;/q2*-3;3*+4/p-6/t6-,10+,11-,12+,13-,14+;6?,10-,11+,12-,13+,14?;;;/m1..../s1. The van der Waals surface area contributed by atoms with Gasteiger partial charge in [0.25, 0.3) is 0 Å². The van der Waals surface area contributed by atoms with Gasteiger partial charge in [0, 0.05) is 44.1 Å². The normalized spacial score (nSPS) is 30.5. The van der Waals surface area contributed by atoms with E-state index in [4.69, 9.17) is 0 Å². The van der Waals surface area contributed by atoms with Crippen LogP contribution in [0.25, 0.3) is 0 Å². The predicted octanol–water partition coefficient (Wildman–Crippen LogP) is -17.7. The van der Waals surface area contributed by atoms with Gasteiger partial charge < -0.3 is 111 Å². The molecule has 0 radical (unpaired) electrons. The van der Waals surface area contributed by atoms with E-state index < -0.39 is 141 Å². The second-order valence-electron chi connectivity index (χ2n) is 11.7. The third-order valence-electron chi connectivity index (χ3n) is 8.28. The van der Waals surface area contributed by atoms with Crippen molar-refractivity contribution in [2.24, 2.45) is 11.8 Å². The Labute approximate surface area is 359 Å². The van der Waals surface area contributed by atoms with Crippen molar-refractivity contribution in [3.8, 4) is 0 Å². The number of nitrogens with one attached hydrogen (secondary N) is 4. The van der Waals surface area contributed by atoms with Gasteiger partial charge in [-0.1, -0.05) is 30.5 Å². The summed E-state index contributed by atoms with van der Waals surface area (Å²) in [5, 5.41) is 146. The van der Waals surface area contributed by atoms with Gasteiger partial charge in [-0.2, -0.15) is 0 Å². The third-order valence-corrected chi connectivity index (χ3v) is 8.28. The SMILES string of the molecule is O=C([O-])CCCC1[C@@H]([O-])[C@@H](NCC(=O)[O-])C([O-])[C@@H](NCC(=O)[O-])[C@H]1[O-].O=C([O-])CCN[C@@H]1[C@H]([O-])[C@H](NCC(=O)[O-])[C@H]([O-])[C@H](CCC(=O)[O-])[C@@H]1[O-].[Hf+4].[Hf+4].[Hf+4]. The average Bonchev–Trinajstić information content (AvgIpc) is 2.99. The van der Waals surface area contributed by atoms with Crippen molar-refractivity contribution in [2.45, 2.75) is 99.3 Å². The fourth-order valence-electron chi connectivity index (χ4n) is 5.93. The minimum Gasteiger partial charge on any atom is -0.851 e. The van der Waals surface area contributed by atoms with E-state index in [9.17, 15) is 90.0 Å². The molecule has 0 amide bonds. The molecule has 0 aromatic rings. The van der Waals surface area contributed by atoms with Gasteiger partial charge in [0.15, 0.2) is 0 Å². The number of rotatable bonds is 20. The molecule has 22 nitrogen and oxygen atoms in total. The van der Waals surface area contributed by atoms with Crippen LogP contribution in [-0.2, 0) is 106 Å². The van der Waals surface area contributed by atoms with E-state index in [0.29, 0.717) is 0 Å². The maximum Gasteiger partial charge on any atom is 4.00 e. The zero-order valence-electron chi connectivity index (χ0n) is 27.8. The second-order valence-corrected chi connectivity index (χ2v) is 11.7. The summed E-state index contributed by atoms with van der Waals surface area (Å²) in [6, 6.07) is -5.77. The van der Waals surface area contributed by atoms with Crippen LogP contribution in [0.4, 0.5) is 0 Å². The minimum atomic E-state index is -1.89. The van der Waals surface area contributed by atoms with Crippen molar-refractivity contribution in [1.82, 2.24) is 21.3 Å². The van der Waals surface area contributed by atoms with E-state index in [1.807, 2.05) is 0 Å². The van der Waals surface area contributed by atoms with Gasteiger partial charge in [-0.15, -0.1) is 24.4 Å². The van der Waals surface area contributed by atoms with Gasteiger partial charge in [-0.05, 0) is 56.3 Å². The monoisotopic (exact) mass is 1260 g/mol. The minimum absolute atomic E-state index is 0. The molecule has 4 N–H and O–H groups in total. The Morgan fingerprint density at radius 2 is 0.679 bits per heavy atom. The molecular formula is C28H36Hf3N4O18. The molecule has 25 heteroatoms. The van der Waals surface area contributed by atoms with Crippen LogP contribution >= 0.6 is 0 Å². The third kappa shape index (κ3) is 19.6. The van der Waals surface area contributed by atoms with Crippen molar-refractivity contribution in [3.05, 3.63) is 0 Å². The van der Waals surface area contributed by atoms with E-state index >= 15 is 0 Å². The number of carboxylic acid groups (broad SMARTS) is 6. The van der Waals surface area contributed by atoms with E-state index in [-0.39, 0.29) is 110 Å². The van der Waals surface area contributed by atoms with Crippen molar-refractivity contribution >= 4 is 35.8 Å². The molecule has 2 aliphatic rings. The average molecular weight is 1250 g/mol. The largest absolute Gasteiger partial charge is 4.00 e. The van der Waals surface area contributed by atoms with Crippen molar-refractivity contribution in [3.63, 3.8) is 0 Å². The van der Waals surface area contributed by atoms with E-state index in [1.165, 1.54) is 0 Å². The quantitative estimate of drug-likeness (QED) is 0.0822. The number of carbonyl (C=O) groups is 6. The van der Waals surface area contributed by atoms with Crippen LogP contribution < -0.4 is 82.5 Å². The zero-order chi connectivity index (χ0) is 38.3. The first-order chi connectivity index (χ1) is 23.3. The Balaban J connectivity index is -0.000000893. The first-order valence-electron chi connectivity index (χ1n) is 15.4. The number of hydrogen-bond acceptors (Lipinski definition) is 22. The molecule has 0 spiro atoms. The Kier molecular flexibility index (Phi) is 30.2. The van der Waals surface area contributed by atoms with Crippen LogP contribution in [0.1, 0.15) is 38.5 Å². The molecule has 2 unspecified atom stereocenters. The Morgan fingerprint density at radius 3 is 0.981 bits per heavy atom. The van der Waals surface area contributed by atoms with Crippen LogP contribution in [0.5, 0.6) is 0 Å². The van der Waals surface area contributed by atoms with E-state index in [1.54, 1.807) is 0 Å². The maximum atomic E-state index is 12.4. The molecule has 2 rings (SSSR count). The van der Waals surface area contributed by atoms with Crippen LogP contribution in [0.2, 0.25) is 0 Å². The van der Waals surface area contributed by atoms with Crippen molar-refractivity contribution in [1.29, 1.82) is 0 Å². The van der Waals surface area contributed by atoms with Gasteiger partial charge in [0.1, 0.15) is 0 Å². The summed E-state index contributed by atoms with van der Waals surface area (Å²) in [5.74, 6) is -11.4. The zero-order valence-corrected chi connectivity index (χ0v) is 38.6. The van der Waals surface area contributed by atoms with Crippen molar-refractivity contribution < 1.29 is 168 Å². The molecular weight excluding hydrogens is 1220 g/mol. The molecule has 288 valence electrons. The first-order valence-corrected chi connectivity index (χ1v) is 15.4. The summed E-state index contributed by atoms with van der Waals surface area (Å²) >= 11 is 0. The number of aliphatic carboxylic acids is 6. The Morgan fingerprint density at radius 1 is 0.377 bits per heavy atom.